The van der Waals surface area contributed by atoms with Crippen LogP contribution in [0.5, 0.6) is 0 Å². The van der Waals surface area contributed by atoms with E-state index in [1.165, 1.54) is 47.3 Å². The van der Waals surface area contributed by atoms with Crippen LogP contribution in [0.1, 0.15) is 5.69 Å². The Morgan fingerprint density at radius 2 is 2.30 bits per heavy atom. The third-order valence-corrected chi connectivity index (χ3v) is 8.68. The van der Waals surface area contributed by atoms with Gasteiger partial charge in [0.2, 0.25) is 0 Å². The van der Waals surface area contributed by atoms with Gasteiger partial charge in [0.1, 0.15) is 34.9 Å². The minimum Gasteiger partial charge on any atom is -0.477 e. The van der Waals surface area contributed by atoms with Crippen molar-refractivity contribution in [2.45, 2.75) is 16.4 Å². The number of aliphatic carboxylic acids is 1. The number of nitrogens with zero attached hydrogens (tertiary/aromatic N) is 5. The van der Waals surface area contributed by atoms with E-state index in [0.717, 1.165) is 11.3 Å². The number of fused-ring (bicyclic) bond motifs is 1. The summed E-state index contributed by atoms with van der Waals surface area (Å²) < 4.78 is 0. The standard InChI is InChI=1S/C16H16N8O5S4/c1-29-22-9(6-3-31-16(17)19-6)12(25)20-10-13(26)24-11(15(27)28)7(4-30-14(10)24)32-5-33-8-2-18-23-21-8/h2-3,10,14H,4-5H2,1H3,(H2,17,19)(H,20,25)(H,27,28)(H,18,21,23)/b22-9-/t10-,14+/m1/s1. The van der Waals surface area contributed by atoms with Gasteiger partial charge in [-0.15, -0.1) is 40.0 Å². The summed E-state index contributed by atoms with van der Waals surface area (Å²) in [6.45, 7) is 0. The molecule has 2 atom stereocenters. The highest BCUT2D eigenvalue weighted by atomic mass is 32.2. The molecule has 33 heavy (non-hydrogen) atoms. The number of oxime groups is 1. The van der Waals surface area contributed by atoms with Crippen molar-refractivity contribution in [3.05, 3.63) is 27.9 Å². The predicted molar refractivity (Wildman–Crippen MR) is 124 cm³/mol. The highest BCUT2D eigenvalue weighted by molar-refractivity contribution is 8.18. The second-order valence-electron chi connectivity index (χ2n) is 6.35. The zero-order chi connectivity index (χ0) is 23.5. The number of nitrogens with two attached hydrogens (primary N) is 1. The lowest BCUT2D eigenvalue weighted by molar-refractivity contribution is -0.150. The molecule has 2 aliphatic heterocycles. The quantitative estimate of drug-likeness (QED) is 0.115. The molecule has 0 saturated carbocycles. The summed E-state index contributed by atoms with van der Waals surface area (Å²) in [5.41, 5.74) is 5.63. The summed E-state index contributed by atoms with van der Waals surface area (Å²) >= 11 is 5.22. The van der Waals surface area contributed by atoms with E-state index in [-0.39, 0.29) is 22.2 Å². The van der Waals surface area contributed by atoms with Crippen LogP contribution in [0.25, 0.3) is 0 Å². The Hall–Kier alpha value is -2.76. The highest BCUT2D eigenvalue weighted by Crippen LogP contribution is 2.44. The van der Waals surface area contributed by atoms with Crippen molar-refractivity contribution >= 4 is 75.2 Å². The Kier molecular flexibility index (Phi) is 7.11. The maximum Gasteiger partial charge on any atom is 0.353 e. The van der Waals surface area contributed by atoms with Crippen LogP contribution in [-0.2, 0) is 19.2 Å². The number of H-pyrrole nitrogens is 1. The van der Waals surface area contributed by atoms with Crippen LogP contribution in [0.4, 0.5) is 5.13 Å². The summed E-state index contributed by atoms with van der Waals surface area (Å²) in [7, 11) is 1.28. The van der Waals surface area contributed by atoms with Crippen LogP contribution >= 0.6 is 46.6 Å². The Morgan fingerprint density at radius 1 is 1.48 bits per heavy atom. The zero-order valence-corrected chi connectivity index (χ0v) is 20.0. The lowest BCUT2D eigenvalue weighted by Crippen LogP contribution is -2.71. The predicted octanol–water partition coefficient (Wildman–Crippen LogP) is 0.373. The molecule has 0 unspecified atom stereocenters. The Balaban J connectivity index is 1.45. The molecule has 1 saturated heterocycles. The van der Waals surface area contributed by atoms with Crippen molar-refractivity contribution in [2.75, 3.05) is 23.7 Å². The minimum atomic E-state index is -1.20. The van der Waals surface area contributed by atoms with Crippen LogP contribution < -0.4 is 11.1 Å². The van der Waals surface area contributed by atoms with Gasteiger partial charge in [0.15, 0.2) is 10.8 Å². The number of carbonyl (C=O) groups is 3. The first-order valence-electron chi connectivity index (χ1n) is 9.07. The number of carboxylic acids is 1. The molecule has 0 bridgehead atoms. The number of nitrogen functional groups attached to an aromatic ring is 1. The van der Waals surface area contributed by atoms with E-state index in [4.69, 9.17) is 10.6 Å². The molecule has 5 N–H and O–H groups in total. The van der Waals surface area contributed by atoms with Crippen LogP contribution in [0.2, 0.25) is 0 Å². The monoisotopic (exact) mass is 528 g/mol. The summed E-state index contributed by atoms with van der Waals surface area (Å²) in [6.07, 6.45) is 1.64. The van der Waals surface area contributed by atoms with Crippen molar-refractivity contribution in [1.29, 1.82) is 0 Å². The molecule has 2 amide bonds. The molecule has 0 aromatic carbocycles. The number of thioether (sulfide) groups is 3. The van der Waals surface area contributed by atoms with E-state index in [9.17, 15) is 19.5 Å². The summed E-state index contributed by atoms with van der Waals surface area (Å²) in [5, 5.41) is 28.6. The molecular weight excluding hydrogens is 512 g/mol. The first-order chi connectivity index (χ1) is 15.9. The minimum absolute atomic E-state index is 0.0712. The van der Waals surface area contributed by atoms with Crippen LogP contribution in [-0.4, -0.2) is 83.3 Å². The number of rotatable bonds is 9. The molecule has 13 nitrogen and oxygen atoms in total. The second-order valence-corrected chi connectivity index (χ2v) is 10.8. The first-order valence-corrected chi connectivity index (χ1v) is 13.0. The van der Waals surface area contributed by atoms with Gasteiger partial charge in [-0.2, -0.15) is 0 Å². The SMILES string of the molecule is CO/N=C(\C(=O)N[C@@H]1C(=O)N2C(C(=O)O)=C(SCSc3c[nH]nn3)CS[C@@H]12)c1csc(N)n1. The van der Waals surface area contributed by atoms with Crippen molar-refractivity contribution in [2.24, 2.45) is 5.16 Å². The molecule has 1 fully saturated rings. The average molecular weight is 529 g/mol. The maximum atomic E-state index is 12.8. The molecular formula is C16H16N8O5S4. The molecule has 2 aliphatic rings. The Labute approximate surface area is 203 Å². The fraction of sp³-hybridized carbons (Fsp3) is 0.312. The molecule has 174 valence electrons. The normalized spacial score (nSPS) is 20.3. The number of nitrogens with one attached hydrogen (secondary N) is 2. The molecule has 4 heterocycles. The van der Waals surface area contributed by atoms with Crippen molar-refractivity contribution < 1.29 is 24.3 Å². The Morgan fingerprint density at radius 3 is 2.94 bits per heavy atom. The fourth-order valence-electron chi connectivity index (χ4n) is 3.03. The molecule has 0 spiro atoms. The second kappa shape index (κ2) is 10.0. The van der Waals surface area contributed by atoms with Gasteiger partial charge in [0.05, 0.1) is 11.3 Å². The number of aromatic nitrogens is 4. The molecule has 2 aromatic heterocycles. The van der Waals surface area contributed by atoms with Crippen molar-refractivity contribution in [1.82, 2.24) is 30.6 Å². The molecule has 0 aliphatic carbocycles. The van der Waals surface area contributed by atoms with Gasteiger partial charge >= 0.3 is 5.97 Å². The van der Waals surface area contributed by atoms with Gasteiger partial charge in [0.25, 0.3) is 11.8 Å². The number of thiazole rings is 1. The third kappa shape index (κ3) is 4.80. The summed E-state index contributed by atoms with van der Waals surface area (Å²) in [5.74, 6) is -2.01. The largest absolute Gasteiger partial charge is 0.477 e. The maximum absolute atomic E-state index is 12.8. The molecule has 0 radical (unpaired) electrons. The Bertz CT molecular complexity index is 1130. The van der Waals surface area contributed by atoms with Gasteiger partial charge in [-0.05, 0) is 0 Å². The number of carboxylic acid groups (broad SMARTS) is 1. The number of carbonyl (C=O) groups excluding carboxylic acids is 2. The smallest absolute Gasteiger partial charge is 0.353 e. The van der Waals surface area contributed by atoms with Crippen LogP contribution in [0.3, 0.4) is 0 Å². The lowest BCUT2D eigenvalue weighted by Gasteiger charge is -2.49. The molecule has 4 rings (SSSR count). The zero-order valence-electron chi connectivity index (χ0n) is 16.8. The van der Waals surface area contributed by atoms with Crippen molar-refractivity contribution in [3.63, 3.8) is 0 Å². The van der Waals surface area contributed by atoms with Crippen LogP contribution in [0.15, 0.2) is 32.4 Å². The topological polar surface area (TPSA) is 189 Å². The van der Waals surface area contributed by atoms with Gasteiger partial charge in [-0.3, -0.25) is 19.6 Å². The third-order valence-electron chi connectivity index (χ3n) is 4.42. The number of amides is 2. The van der Waals surface area contributed by atoms with E-state index in [2.05, 4.69) is 30.9 Å². The molecule has 2 aromatic rings. The van der Waals surface area contributed by atoms with E-state index >= 15 is 0 Å². The fourth-order valence-corrected chi connectivity index (χ4v) is 7.15. The number of hydrogen-bond acceptors (Lipinski definition) is 13. The summed E-state index contributed by atoms with van der Waals surface area (Å²) in [4.78, 5) is 48.1. The number of anilines is 1. The highest BCUT2D eigenvalue weighted by Gasteiger charge is 2.54. The van der Waals surface area contributed by atoms with Crippen LogP contribution in [0, 0.1) is 0 Å². The lowest BCUT2D eigenvalue weighted by atomic mass is 10.0. The van der Waals surface area contributed by atoms with E-state index in [0.29, 0.717) is 20.8 Å². The molecule has 17 heteroatoms. The van der Waals surface area contributed by atoms with Gasteiger partial charge in [0, 0.05) is 16.0 Å². The van der Waals surface area contributed by atoms with Crippen molar-refractivity contribution in [3.8, 4) is 0 Å². The first kappa shape index (κ1) is 23.4. The summed E-state index contributed by atoms with van der Waals surface area (Å²) in [6, 6.07) is -0.911. The number of aromatic amines is 1. The van der Waals surface area contributed by atoms with E-state index < -0.39 is 29.2 Å². The van der Waals surface area contributed by atoms with Gasteiger partial charge in [-0.1, -0.05) is 22.1 Å². The van der Waals surface area contributed by atoms with Gasteiger partial charge < -0.3 is 21.0 Å². The number of β-lactam (4-membered cyclic amide) rings is 1. The number of hydrogen-bond donors (Lipinski definition) is 4. The van der Waals surface area contributed by atoms with E-state index in [1.54, 1.807) is 11.6 Å². The van der Waals surface area contributed by atoms with Gasteiger partial charge in [-0.25, -0.2) is 9.78 Å². The average Bonchev–Trinajstić information content (AvgIpc) is 3.46. The van der Waals surface area contributed by atoms with E-state index in [1.807, 2.05) is 0 Å².